The summed E-state index contributed by atoms with van der Waals surface area (Å²) in [5.41, 5.74) is 0.629. The van der Waals surface area contributed by atoms with Gasteiger partial charge in [0.2, 0.25) is 5.91 Å². The van der Waals surface area contributed by atoms with E-state index >= 15 is 0 Å². The highest BCUT2D eigenvalue weighted by Crippen LogP contribution is 2.31. The van der Waals surface area contributed by atoms with Crippen LogP contribution in [0.2, 0.25) is 0 Å². The number of anilines is 1. The molecule has 0 unspecified atom stereocenters. The number of methoxy groups -OCH3 is 1. The van der Waals surface area contributed by atoms with Gasteiger partial charge in [0, 0.05) is 11.8 Å². The zero-order chi connectivity index (χ0) is 14.5. The van der Waals surface area contributed by atoms with Gasteiger partial charge >= 0.3 is 5.97 Å². The van der Waals surface area contributed by atoms with Crippen molar-refractivity contribution in [1.29, 1.82) is 0 Å². The van der Waals surface area contributed by atoms with E-state index in [1.54, 1.807) is 31.4 Å². The fourth-order valence-electron chi connectivity index (χ4n) is 2.68. The molecule has 1 aromatic rings. The quantitative estimate of drug-likeness (QED) is 0.886. The molecule has 1 aliphatic rings. The fourth-order valence-corrected chi connectivity index (χ4v) is 2.68. The summed E-state index contributed by atoms with van der Waals surface area (Å²) in [5.74, 6) is -1.47. The van der Waals surface area contributed by atoms with Gasteiger partial charge in [0.1, 0.15) is 5.75 Å². The first kappa shape index (κ1) is 14.4. The number of nitrogens with one attached hydrogen (secondary N) is 1. The van der Waals surface area contributed by atoms with Crippen molar-refractivity contribution in [3.8, 4) is 5.75 Å². The Labute approximate surface area is 117 Å². The van der Waals surface area contributed by atoms with Gasteiger partial charge in [-0.15, -0.1) is 0 Å². The molecule has 0 aromatic heterocycles. The lowest BCUT2D eigenvalue weighted by Gasteiger charge is -2.27. The Kier molecular flexibility index (Phi) is 4.61. The summed E-state index contributed by atoms with van der Waals surface area (Å²) in [5, 5.41) is 12.0. The monoisotopic (exact) mass is 277 g/mol. The van der Waals surface area contributed by atoms with E-state index in [-0.39, 0.29) is 5.91 Å². The third kappa shape index (κ3) is 3.29. The highest BCUT2D eigenvalue weighted by atomic mass is 16.5. The van der Waals surface area contributed by atoms with Gasteiger partial charge in [0.05, 0.1) is 18.9 Å². The molecule has 0 heterocycles. The van der Waals surface area contributed by atoms with Crippen molar-refractivity contribution in [3.63, 3.8) is 0 Å². The van der Waals surface area contributed by atoms with E-state index in [1.807, 2.05) is 0 Å². The summed E-state index contributed by atoms with van der Waals surface area (Å²) < 4.78 is 5.10. The average molecular weight is 277 g/mol. The lowest BCUT2D eigenvalue weighted by atomic mass is 9.78. The minimum absolute atomic E-state index is 0.217. The summed E-state index contributed by atoms with van der Waals surface area (Å²) in [6, 6.07) is 7.05. The van der Waals surface area contributed by atoms with Crippen molar-refractivity contribution in [2.45, 2.75) is 25.7 Å². The van der Waals surface area contributed by atoms with Gasteiger partial charge in [-0.05, 0) is 25.0 Å². The topological polar surface area (TPSA) is 75.6 Å². The van der Waals surface area contributed by atoms with Crippen LogP contribution in [0.5, 0.6) is 5.75 Å². The van der Waals surface area contributed by atoms with Crippen molar-refractivity contribution in [2.75, 3.05) is 12.4 Å². The van der Waals surface area contributed by atoms with E-state index in [1.165, 1.54) is 0 Å². The zero-order valence-electron chi connectivity index (χ0n) is 11.5. The third-order valence-electron chi connectivity index (χ3n) is 3.76. The Morgan fingerprint density at radius 2 is 1.95 bits per heavy atom. The molecule has 0 saturated heterocycles. The largest absolute Gasteiger partial charge is 0.497 e. The van der Waals surface area contributed by atoms with Crippen LogP contribution in [0.25, 0.3) is 0 Å². The summed E-state index contributed by atoms with van der Waals surface area (Å²) in [4.78, 5) is 23.5. The molecule has 20 heavy (non-hydrogen) atoms. The second-order valence-electron chi connectivity index (χ2n) is 5.06. The molecule has 1 saturated carbocycles. The highest BCUT2D eigenvalue weighted by molar-refractivity contribution is 5.95. The average Bonchev–Trinajstić information content (AvgIpc) is 2.47. The molecule has 1 aliphatic carbocycles. The van der Waals surface area contributed by atoms with Crippen molar-refractivity contribution in [3.05, 3.63) is 24.3 Å². The minimum atomic E-state index is -0.879. The number of aliphatic carboxylic acids is 1. The van der Waals surface area contributed by atoms with Crippen LogP contribution in [0, 0.1) is 11.8 Å². The van der Waals surface area contributed by atoms with Crippen molar-refractivity contribution < 1.29 is 19.4 Å². The Hall–Kier alpha value is -2.04. The first-order valence-electron chi connectivity index (χ1n) is 6.79. The minimum Gasteiger partial charge on any atom is -0.497 e. The fraction of sp³-hybridized carbons (Fsp3) is 0.467. The SMILES string of the molecule is COc1cccc(NC(=O)[C@@H]2CCCC[C@H]2C(=O)O)c1. The molecule has 5 nitrogen and oxygen atoms in total. The van der Waals surface area contributed by atoms with Gasteiger partial charge in [-0.3, -0.25) is 9.59 Å². The normalized spacial score (nSPS) is 22.1. The lowest BCUT2D eigenvalue weighted by molar-refractivity contribution is -0.147. The van der Waals surface area contributed by atoms with Crippen LogP contribution in [-0.4, -0.2) is 24.1 Å². The Morgan fingerprint density at radius 1 is 1.25 bits per heavy atom. The Bertz CT molecular complexity index is 500. The predicted octanol–water partition coefficient (Wildman–Crippen LogP) is 2.52. The van der Waals surface area contributed by atoms with E-state index in [9.17, 15) is 14.7 Å². The molecule has 5 heteroatoms. The number of hydrogen-bond acceptors (Lipinski definition) is 3. The highest BCUT2D eigenvalue weighted by Gasteiger charge is 2.35. The van der Waals surface area contributed by atoms with Crippen LogP contribution in [0.3, 0.4) is 0 Å². The van der Waals surface area contributed by atoms with Gasteiger partial charge in [0.25, 0.3) is 0 Å². The molecular formula is C15H19NO4. The molecule has 0 bridgehead atoms. The van der Waals surface area contributed by atoms with Crippen LogP contribution >= 0.6 is 0 Å². The molecule has 1 aromatic carbocycles. The number of carboxylic acid groups (broad SMARTS) is 1. The predicted molar refractivity (Wildman–Crippen MR) is 74.7 cm³/mol. The molecule has 1 fully saturated rings. The van der Waals surface area contributed by atoms with Crippen LogP contribution in [-0.2, 0) is 9.59 Å². The zero-order valence-corrected chi connectivity index (χ0v) is 11.5. The van der Waals surface area contributed by atoms with Crippen molar-refractivity contribution in [1.82, 2.24) is 0 Å². The number of carboxylic acids is 1. The molecule has 0 spiro atoms. The van der Waals surface area contributed by atoms with Gasteiger partial charge in [0.15, 0.2) is 0 Å². The Morgan fingerprint density at radius 3 is 2.60 bits per heavy atom. The van der Waals surface area contributed by atoms with Gasteiger partial charge < -0.3 is 15.2 Å². The van der Waals surface area contributed by atoms with Gasteiger partial charge in [-0.2, -0.15) is 0 Å². The molecule has 2 rings (SSSR count). The number of benzene rings is 1. The maximum Gasteiger partial charge on any atom is 0.307 e. The smallest absolute Gasteiger partial charge is 0.307 e. The second kappa shape index (κ2) is 6.41. The number of carbonyl (C=O) groups is 2. The maximum atomic E-state index is 12.3. The summed E-state index contributed by atoms with van der Waals surface area (Å²) >= 11 is 0. The van der Waals surface area contributed by atoms with Gasteiger partial charge in [-0.1, -0.05) is 18.9 Å². The molecule has 1 amide bonds. The summed E-state index contributed by atoms with van der Waals surface area (Å²) in [6.45, 7) is 0. The number of ether oxygens (including phenoxy) is 1. The van der Waals surface area contributed by atoms with E-state index < -0.39 is 17.8 Å². The maximum absolute atomic E-state index is 12.3. The van der Waals surface area contributed by atoms with E-state index in [0.29, 0.717) is 24.3 Å². The molecule has 0 aliphatic heterocycles. The first-order valence-corrected chi connectivity index (χ1v) is 6.79. The van der Waals surface area contributed by atoms with E-state index in [2.05, 4.69) is 5.32 Å². The third-order valence-corrected chi connectivity index (χ3v) is 3.76. The number of amides is 1. The summed E-state index contributed by atoms with van der Waals surface area (Å²) in [7, 11) is 1.56. The van der Waals surface area contributed by atoms with E-state index in [0.717, 1.165) is 12.8 Å². The van der Waals surface area contributed by atoms with Gasteiger partial charge in [-0.25, -0.2) is 0 Å². The summed E-state index contributed by atoms with van der Waals surface area (Å²) in [6.07, 6.45) is 2.98. The lowest BCUT2D eigenvalue weighted by Crippen LogP contribution is -2.36. The van der Waals surface area contributed by atoms with Crippen LogP contribution < -0.4 is 10.1 Å². The van der Waals surface area contributed by atoms with Crippen LogP contribution in [0.1, 0.15) is 25.7 Å². The van der Waals surface area contributed by atoms with Crippen LogP contribution in [0.4, 0.5) is 5.69 Å². The standard InChI is InChI=1S/C15H19NO4/c1-20-11-6-4-5-10(9-11)16-14(17)12-7-2-3-8-13(12)15(18)19/h4-6,9,12-13H,2-3,7-8H2,1H3,(H,16,17)(H,18,19)/t12-,13-/m1/s1. The molecule has 2 atom stereocenters. The number of hydrogen-bond donors (Lipinski definition) is 2. The number of carbonyl (C=O) groups excluding carboxylic acids is 1. The van der Waals surface area contributed by atoms with E-state index in [4.69, 9.17) is 4.74 Å². The van der Waals surface area contributed by atoms with Crippen molar-refractivity contribution >= 4 is 17.6 Å². The molecule has 0 radical (unpaired) electrons. The van der Waals surface area contributed by atoms with Crippen molar-refractivity contribution in [2.24, 2.45) is 11.8 Å². The molecule has 2 N–H and O–H groups in total. The van der Waals surface area contributed by atoms with Crippen LogP contribution in [0.15, 0.2) is 24.3 Å². The molecule has 108 valence electrons. The number of rotatable bonds is 4. The molecular weight excluding hydrogens is 258 g/mol. The first-order chi connectivity index (χ1) is 9.61. The Balaban J connectivity index is 2.07. The second-order valence-corrected chi connectivity index (χ2v) is 5.06.